The molecule has 2 N–H and O–H groups in total. The van der Waals surface area contributed by atoms with E-state index < -0.39 is 11.8 Å². The number of halogens is 1. The van der Waals surface area contributed by atoms with E-state index in [9.17, 15) is 14.6 Å². The van der Waals surface area contributed by atoms with Crippen LogP contribution in [-0.4, -0.2) is 28.1 Å². The maximum Gasteiger partial charge on any atom is 0.103 e. The van der Waals surface area contributed by atoms with Crippen molar-refractivity contribution >= 4 is 0 Å². The Morgan fingerprint density at radius 3 is 2.67 bits per heavy atom. The Morgan fingerprint density at radius 1 is 1.23 bits per heavy atom. The molecule has 0 aromatic carbocycles. The Labute approximate surface area is 183 Å². The molecule has 0 unspecified atom stereocenters. The minimum Gasteiger partial charge on any atom is -0.393 e. The smallest absolute Gasteiger partial charge is 0.103 e. The third-order valence-corrected chi connectivity index (χ3v) is 8.26. The first-order valence-electron chi connectivity index (χ1n) is 12.1. The number of alkyl halides is 1. The molecule has 0 aromatic heterocycles. The van der Waals surface area contributed by atoms with Crippen LogP contribution in [0.2, 0.25) is 0 Å². The molecule has 3 heteroatoms. The van der Waals surface area contributed by atoms with Gasteiger partial charge < -0.3 is 10.2 Å². The summed E-state index contributed by atoms with van der Waals surface area (Å²) in [5.41, 5.74) is 3.25. The number of allylic oxidation sites excluding steroid dienone is 4. The van der Waals surface area contributed by atoms with E-state index >= 15 is 0 Å². The lowest BCUT2D eigenvalue weighted by Crippen LogP contribution is -2.37. The van der Waals surface area contributed by atoms with Gasteiger partial charge in [0, 0.05) is 6.42 Å². The predicted molar refractivity (Wildman–Crippen MR) is 123 cm³/mol. The number of aliphatic hydroxyl groups is 2. The summed E-state index contributed by atoms with van der Waals surface area (Å²) < 4.78 is 14.6. The van der Waals surface area contributed by atoms with Crippen molar-refractivity contribution in [3.8, 4) is 0 Å². The van der Waals surface area contributed by atoms with E-state index in [0.29, 0.717) is 24.2 Å². The van der Waals surface area contributed by atoms with E-state index in [0.717, 1.165) is 25.7 Å². The lowest BCUT2D eigenvalue weighted by atomic mass is 9.60. The Balaban J connectivity index is 1.71. The quantitative estimate of drug-likeness (QED) is 0.505. The van der Waals surface area contributed by atoms with Crippen LogP contribution in [0.1, 0.15) is 91.9 Å². The highest BCUT2D eigenvalue weighted by Gasteiger charge is 2.50. The molecule has 0 heterocycles. The molecule has 3 aliphatic rings. The molecule has 0 aliphatic heterocycles. The van der Waals surface area contributed by atoms with Crippen molar-refractivity contribution in [1.82, 2.24) is 0 Å². The first kappa shape index (κ1) is 23.7. The molecular formula is C27H43FO2. The summed E-state index contributed by atoms with van der Waals surface area (Å²) in [5.74, 6) is 1.47. The number of hydrogen-bond acceptors (Lipinski definition) is 2. The average molecular weight is 419 g/mol. The normalized spacial score (nSPS) is 37.4. The van der Waals surface area contributed by atoms with Gasteiger partial charge in [0.2, 0.25) is 0 Å². The van der Waals surface area contributed by atoms with Crippen LogP contribution in [0.3, 0.4) is 0 Å². The highest BCUT2D eigenvalue weighted by atomic mass is 19.1. The van der Waals surface area contributed by atoms with Crippen LogP contribution in [-0.2, 0) is 0 Å². The van der Waals surface area contributed by atoms with Crippen LogP contribution >= 0.6 is 0 Å². The first-order valence-corrected chi connectivity index (χ1v) is 12.1. The van der Waals surface area contributed by atoms with Gasteiger partial charge in [-0.1, -0.05) is 43.7 Å². The van der Waals surface area contributed by atoms with E-state index in [1.165, 1.54) is 36.8 Å². The van der Waals surface area contributed by atoms with Crippen LogP contribution in [0, 0.1) is 23.2 Å². The second-order valence-corrected chi connectivity index (χ2v) is 11.4. The lowest BCUT2D eigenvalue weighted by molar-refractivity contribution is 0.0285. The molecule has 170 valence electrons. The van der Waals surface area contributed by atoms with Gasteiger partial charge in [0.25, 0.3) is 0 Å². The fourth-order valence-electron chi connectivity index (χ4n) is 6.80. The standard InChI is InChI=1S/C27H43FO2/c1-18-8-11-23(29)16-21(18)10-9-20-7-6-14-27(5)24(12-13-25(20)27)19(2)15-22(28)17-26(3,4)30/h9-10,19,22-25,29-30H,1,6-8,11-17H2,2-5H3/b20-9+,21-10-/t19-,22-,23+,24-,25+,27-/m1/s1. The maximum absolute atomic E-state index is 14.6. The van der Waals surface area contributed by atoms with Crippen molar-refractivity contribution < 1.29 is 14.6 Å². The van der Waals surface area contributed by atoms with E-state index in [-0.39, 0.29) is 17.9 Å². The second kappa shape index (κ2) is 9.28. The minimum absolute atomic E-state index is 0.221. The van der Waals surface area contributed by atoms with Crippen molar-refractivity contribution in [2.24, 2.45) is 23.2 Å². The summed E-state index contributed by atoms with van der Waals surface area (Å²) >= 11 is 0. The molecule has 6 atom stereocenters. The Bertz CT molecular complexity index is 685. The van der Waals surface area contributed by atoms with Crippen LogP contribution in [0.5, 0.6) is 0 Å². The first-order chi connectivity index (χ1) is 14.0. The van der Waals surface area contributed by atoms with Crippen LogP contribution in [0.4, 0.5) is 4.39 Å². The Morgan fingerprint density at radius 2 is 1.97 bits per heavy atom. The summed E-state index contributed by atoms with van der Waals surface area (Å²) in [4.78, 5) is 0. The molecule has 0 radical (unpaired) electrons. The zero-order valence-electron chi connectivity index (χ0n) is 19.6. The van der Waals surface area contributed by atoms with Gasteiger partial charge in [0.1, 0.15) is 6.17 Å². The van der Waals surface area contributed by atoms with E-state index in [1.807, 2.05) is 0 Å². The molecule has 30 heavy (non-hydrogen) atoms. The zero-order valence-corrected chi connectivity index (χ0v) is 19.6. The third-order valence-electron chi connectivity index (χ3n) is 8.26. The maximum atomic E-state index is 14.6. The van der Waals surface area contributed by atoms with E-state index in [2.05, 4.69) is 32.6 Å². The minimum atomic E-state index is -0.938. The number of rotatable bonds is 6. The molecule has 0 saturated heterocycles. The van der Waals surface area contributed by atoms with Crippen LogP contribution in [0.25, 0.3) is 0 Å². The number of hydrogen-bond donors (Lipinski definition) is 2. The highest BCUT2D eigenvalue weighted by molar-refractivity contribution is 5.36. The Hall–Kier alpha value is -0.930. The molecule has 3 aliphatic carbocycles. The van der Waals surface area contributed by atoms with Crippen LogP contribution in [0.15, 0.2) is 35.5 Å². The average Bonchev–Trinajstić information content (AvgIpc) is 2.98. The summed E-state index contributed by atoms with van der Waals surface area (Å²) in [6, 6.07) is 0. The molecule has 3 saturated carbocycles. The highest BCUT2D eigenvalue weighted by Crippen LogP contribution is 2.60. The van der Waals surface area contributed by atoms with Crippen LogP contribution < -0.4 is 0 Å². The molecule has 0 spiro atoms. The Kier molecular flexibility index (Phi) is 7.34. The fraction of sp³-hybridized carbons (Fsp3) is 0.778. The monoisotopic (exact) mass is 418 g/mol. The van der Waals surface area contributed by atoms with Gasteiger partial charge >= 0.3 is 0 Å². The molecular weight excluding hydrogens is 375 g/mol. The van der Waals surface area contributed by atoms with Gasteiger partial charge in [-0.15, -0.1) is 0 Å². The summed E-state index contributed by atoms with van der Waals surface area (Å²) in [7, 11) is 0. The second-order valence-electron chi connectivity index (χ2n) is 11.4. The van der Waals surface area contributed by atoms with Crippen molar-refractivity contribution in [3.05, 3.63) is 35.5 Å². The number of fused-ring (bicyclic) bond motifs is 1. The largest absolute Gasteiger partial charge is 0.393 e. The van der Waals surface area contributed by atoms with Crippen molar-refractivity contribution in [1.29, 1.82) is 0 Å². The van der Waals surface area contributed by atoms with Crippen molar-refractivity contribution in [3.63, 3.8) is 0 Å². The summed E-state index contributed by atoms with van der Waals surface area (Å²) in [6.45, 7) is 12.3. The van der Waals surface area contributed by atoms with Gasteiger partial charge in [-0.25, -0.2) is 4.39 Å². The summed E-state index contributed by atoms with van der Waals surface area (Å²) in [6.07, 6.45) is 12.6. The van der Waals surface area contributed by atoms with Gasteiger partial charge in [-0.3, -0.25) is 0 Å². The summed E-state index contributed by atoms with van der Waals surface area (Å²) in [5, 5.41) is 20.0. The zero-order chi connectivity index (χ0) is 22.1. The fourth-order valence-corrected chi connectivity index (χ4v) is 6.80. The van der Waals surface area contributed by atoms with Crippen molar-refractivity contribution in [2.45, 2.75) is 110 Å². The van der Waals surface area contributed by atoms with Gasteiger partial charge in [0.15, 0.2) is 0 Å². The molecule has 0 aromatic rings. The SMILES string of the molecule is C=C1CC[C@H](O)C/C1=C/C=C1\CCC[C@]2(C)[C@@H]([C@H](C)C[C@@H](F)CC(C)(C)O)CC[C@@H]12. The van der Waals surface area contributed by atoms with Crippen molar-refractivity contribution in [2.75, 3.05) is 0 Å². The molecule has 2 nitrogen and oxygen atoms in total. The lowest BCUT2D eigenvalue weighted by Gasteiger charge is -2.44. The van der Waals surface area contributed by atoms with Gasteiger partial charge in [-0.2, -0.15) is 0 Å². The third kappa shape index (κ3) is 5.46. The van der Waals surface area contributed by atoms with Gasteiger partial charge in [-0.05, 0) is 100 Å². The topological polar surface area (TPSA) is 40.5 Å². The molecule has 0 amide bonds. The van der Waals surface area contributed by atoms with E-state index in [4.69, 9.17) is 0 Å². The molecule has 3 fully saturated rings. The number of aliphatic hydroxyl groups excluding tert-OH is 1. The predicted octanol–water partition coefficient (Wildman–Crippen LogP) is 6.68. The van der Waals surface area contributed by atoms with E-state index in [1.54, 1.807) is 19.4 Å². The van der Waals surface area contributed by atoms with Gasteiger partial charge in [0.05, 0.1) is 11.7 Å². The molecule has 3 rings (SSSR count). The molecule has 0 bridgehead atoms.